The zero-order chi connectivity index (χ0) is 21.9. The molecule has 0 saturated heterocycles. The van der Waals surface area contributed by atoms with E-state index in [-0.39, 0.29) is 5.41 Å². The first kappa shape index (κ1) is 17.6. The Bertz CT molecular complexity index is 1840. The van der Waals surface area contributed by atoms with Crippen LogP contribution in [0.25, 0.3) is 66.0 Å². The highest BCUT2D eigenvalue weighted by molar-refractivity contribution is 6.34. The zero-order valence-electron chi connectivity index (χ0n) is 18.6. The van der Waals surface area contributed by atoms with Gasteiger partial charge in [-0.05, 0) is 60.6 Å². The van der Waals surface area contributed by atoms with E-state index in [9.17, 15) is 0 Å². The lowest BCUT2D eigenvalue weighted by atomic mass is 9.83. The number of hydrogen-bond acceptors (Lipinski definition) is 1. The summed E-state index contributed by atoms with van der Waals surface area (Å²) in [6, 6.07) is 33.6. The first-order valence-corrected chi connectivity index (χ1v) is 11.7. The van der Waals surface area contributed by atoms with Crippen molar-refractivity contribution in [2.45, 2.75) is 19.3 Å². The molecule has 154 valence electrons. The summed E-state index contributed by atoms with van der Waals surface area (Å²) < 4.78 is 0. The van der Waals surface area contributed by atoms with Gasteiger partial charge < -0.3 is 0 Å². The Morgan fingerprint density at radius 2 is 1.24 bits per heavy atom. The van der Waals surface area contributed by atoms with Gasteiger partial charge in [0.05, 0.1) is 11.4 Å². The highest BCUT2D eigenvalue weighted by Gasteiger charge is 2.36. The maximum atomic E-state index is 5.28. The fourth-order valence-corrected chi connectivity index (χ4v) is 6.41. The first-order chi connectivity index (χ1) is 16.1. The van der Waals surface area contributed by atoms with E-state index < -0.39 is 0 Å². The maximum absolute atomic E-state index is 5.28. The van der Waals surface area contributed by atoms with E-state index in [1.54, 1.807) is 0 Å². The van der Waals surface area contributed by atoms with E-state index in [0.717, 1.165) is 11.4 Å². The fourth-order valence-electron chi connectivity index (χ4n) is 6.41. The van der Waals surface area contributed by atoms with E-state index in [1.165, 1.54) is 65.7 Å². The summed E-state index contributed by atoms with van der Waals surface area (Å²) in [5.74, 6) is 0. The Morgan fingerprint density at radius 1 is 0.515 bits per heavy atom. The molecule has 0 unspecified atom stereocenters. The third-order valence-electron chi connectivity index (χ3n) is 7.99. The molecule has 1 heteroatoms. The number of pyridine rings is 1. The molecule has 0 spiro atoms. The van der Waals surface area contributed by atoms with Crippen LogP contribution in [0.2, 0.25) is 0 Å². The van der Waals surface area contributed by atoms with Crippen LogP contribution in [0.3, 0.4) is 0 Å². The van der Waals surface area contributed by atoms with Gasteiger partial charge in [0.2, 0.25) is 0 Å². The molecule has 8 rings (SSSR count). The number of benzene rings is 5. The Balaban J connectivity index is 1.44. The van der Waals surface area contributed by atoms with Crippen molar-refractivity contribution in [2.75, 3.05) is 0 Å². The standard InChI is InChI=1S/C32H21N/c1-32(2)25-9-4-3-7-24(25)31-26(32)16-17-27(33-31)20-14-15-23-21-8-5-6-18-10-11-19-12-13-22(20)30(23)29(19)28(18)21/h3-17H,1-2H3. The average molecular weight is 420 g/mol. The number of rotatable bonds is 1. The molecule has 1 aromatic heterocycles. The van der Waals surface area contributed by atoms with Crippen molar-refractivity contribution in [1.29, 1.82) is 0 Å². The highest BCUT2D eigenvalue weighted by Crippen LogP contribution is 2.51. The molecule has 2 aliphatic carbocycles. The summed E-state index contributed by atoms with van der Waals surface area (Å²) in [7, 11) is 0. The molecule has 0 saturated carbocycles. The molecule has 0 atom stereocenters. The second-order valence-electron chi connectivity index (χ2n) is 9.98. The minimum absolute atomic E-state index is 0.0181. The lowest BCUT2D eigenvalue weighted by Crippen LogP contribution is -2.14. The largest absolute Gasteiger partial charge is 0.247 e. The topological polar surface area (TPSA) is 12.9 Å². The molecule has 0 bridgehead atoms. The predicted molar refractivity (Wildman–Crippen MR) is 139 cm³/mol. The Kier molecular flexibility index (Phi) is 3.03. The summed E-state index contributed by atoms with van der Waals surface area (Å²) in [6.07, 6.45) is 0. The van der Waals surface area contributed by atoms with Crippen LogP contribution in [0.5, 0.6) is 0 Å². The molecular formula is C32H21N. The van der Waals surface area contributed by atoms with E-state index in [2.05, 4.69) is 105 Å². The molecule has 1 heterocycles. The fraction of sp³-hybridized carbons (Fsp3) is 0.0938. The van der Waals surface area contributed by atoms with Crippen LogP contribution in [0.1, 0.15) is 25.0 Å². The molecule has 2 aliphatic rings. The second-order valence-corrected chi connectivity index (χ2v) is 9.98. The third-order valence-corrected chi connectivity index (χ3v) is 7.99. The normalized spacial score (nSPS) is 14.6. The van der Waals surface area contributed by atoms with Gasteiger partial charge in [-0.2, -0.15) is 0 Å². The molecule has 0 amide bonds. The van der Waals surface area contributed by atoms with Crippen LogP contribution in [-0.4, -0.2) is 4.98 Å². The molecule has 0 fully saturated rings. The summed E-state index contributed by atoms with van der Waals surface area (Å²) >= 11 is 0. The smallest absolute Gasteiger partial charge is 0.0753 e. The van der Waals surface area contributed by atoms with Crippen molar-refractivity contribution in [1.82, 2.24) is 4.98 Å². The Morgan fingerprint density at radius 3 is 2.15 bits per heavy atom. The van der Waals surface area contributed by atoms with E-state index >= 15 is 0 Å². The third kappa shape index (κ3) is 2.02. The number of fused-ring (bicyclic) bond motifs is 4. The molecule has 1 nitrogen and oxygen atoms in total. The van der Waals surface area contributed by atoms with Gasteiger partial charge in [-0.1, -0.05) is 98.8 Å². The Labute approximate surface area is 192 Å². The summed E-state index contributed by atoms with van der Waals surface area (Å²) in [5, 5.41) is 8.09. The molecule has 33 heavy (non-hydrogen) atoms. The highest BCUT2D eigenvalue weighted by atomic mass is 14.7. The van der Waals surface area contributed by atoms with Gasteiger partial charge >= 0.3 is 0 Å². The molecule has 0 aliphatic heterocycles. The molecule has 0 N–H and O–H groups in total. The molecular weight excluding hydrogens is 398 g/mol. The summed E-state index contributed by atoms with van der Waals surface area (Å²) in [6.45, 7) is 4.61. The SMILES string of the molecule is CC1(C)c2ccccc2-c2nc(-c3ccc4c5c3ccc3ccc6cccc-4c6c35)ccc21. The van der Waals surface area contributed by atoms with Crippen molar-refractivity contribution in [3.8, 4) is 33.6 Å². The minimum atomic E-state index is -0.0181. The van der Waals surface area contributed by atoms with Gasteiger partial charge in [-0.25, -0.2) is 4.98 Å². The quantitative estimate of drug-likeness (QED) is 0.243. The van der Waals surface area contributed by atoms with Gasteiger partial charge in [0, 0.05) is 16.5 Å². The van der Waals surface area contributed by atoms with E-state index in [1.807, 2.05) is 0 Å². The van der Waals surface area contributed by atoms with Crippen LogP contribution < -0.4 is 0 Å². The van der Waals surface area contributed by atoms with Gasteiger partial charge in [0.25, 0.3) is 0 Å². The molecule has 6 aromatic rings. The summed E-state index contributed by atoms with van der Waals surface area (Å²) in [5.41, 5.74) is 10.0. The van der Waals surface area contributed by atoms with Crippen LogP contribution in [0.15, 0.2) is 91.0 Å². The predicted octanol–water partition coefficient (Wildman–Crippen LogP) is 8.49. The van der Waals surface area contributed by atoms with Crippen LogP contribution in [-0.2, 0) is 5.41 Å². The number of hydrogen-bond donors (Lipinski definition) is 0. The van der Waals surface area contributed by atoms with Crippen LogP contribution >= 0.6 is 0 Å². The van der Waals surface area contributed by atoms with Gasteiger partial charge in [0.15, 0.2) is 0 Å². The van der Waals surface area contributed by atoms with Gasteiger partial charge in [-0.3, -0.25) is 0 Å². The first-order valence-electron chi connectivity index (χ1n) is 11.7. The van der Waals surface area contributed by atoms with Gasteiger partial charge in [-0.15, -0.1) is 0 Å². The van der Waals surface area contributed by atoms with Crippen molar-refractivity contribution >= 4 is 32.3 Å². The number of nitrogens with zero attached hydrogens (tertiary/aromatic N) is 1. The van der Waals surface area contributed by atoms with Crippen molar-refractivity contribution < 1.29 is 0 Å². The zero-order valence-corrected chi connectivity index (χ0v) is 18.6. The monoisotopic (exact) mass is 419 g/mol. The van der Waals surface area contributed by atoms with Crippen LogP contribution in [0, 0.1) is 0 Å². The minimum Gasteiger partial charge on any atom is -0.247 e. The van der Waals surface area contributed by atoms with Crippen molar-refractivity contribution in [2.24, 2.45) is 0 Å². The maximum Gasteiger partial charge on any atom is 0.0753 e. The van der Waals surface area contributed by atoms with E-state index in [4.69, 9.17) is 4.98 Å². The second kappa shape index (κ2) is 5.68. The van der Waals surface area contributed by atoms with E-state index in [0.29, 0.717) is 0 Å². The lowest BCUT2D eigenvalue weighted by Gasteiger charge is -2.21. The molecule has 0 radical (unpaired) electrons. The lowest BCUT2D eigenvalue weighted by molar-refractivity contribution is 0.659. The van der Waals surface area contributed by atoms with Crippen molar-refractivity contribution in [3.63, 3.8) is 0 Å². The summed E-state index contributed by atoms with van der Waals surface area (Å²) in [4.78, 5) is 5.28. The average Bonchev–Trinajstić information content (AvgIpc) is 3.31. The molecule has 5 aromatic carbocycles. The van der Waals surface area contributed by atoms with Crippen LogP contribution in [0.4, 0.5) is 0 Å². The number of aromatic nitrogens is 1. The van der Waals surface area contributed by atoms with Gasteiger partial charge in [0.1, 0.15) is 0 Å². The Hall–Kier alpha value is -3.97. The van der Waals surface area contributed by atoms with Crippen molar-refractivity contribution in [3.05, 3.63) is 102 Å².